The van der Waals surface area contributed by atoms with E-state index < -0.39 is 249 Å². The van der Waals surface area contributed by atoms with Crippen molar-refractivity contribution in [2.45, 2.75) is 242 Å². The van der Waals surface area contributed by atoms with E-state index in [0.717, 1.165) is 27.7 Å². The molecule has 2 aliphatic heterocycles. The van der Waals surface area contributed by atoms with Crippen LogP contribution in [0.15, 0.2) is 204 Å². The lowest BCUT2D eigenvalue weighted by molar-refractivity contribution is -0.346. The predicted octanol–water partition coefficient (Wildman–Crippen LogP) is 7.53. The molecule has 0 radical (unpaired) electrons. The van der Waals surface area contributed by atoms with E-state index in [0.29, 0.717) is 11.1 Å². The number of likely N-dealkylation sites (N-methyl/N-ethyl adjacent to an activating group) is 1. The maximum atomic E-state index is 16.1. The third kappa shape index (κ3) is 18.3. The number of benzene rings is 6. The van der Waals surface area contributed by atoms with Gasteiger partial charge in [0.05, 0.1) is 59.1 Å². The van der Waals surface area contributed by atoms with Crippen molar-refractivity contribution in [1.82, 2.24) is 16.0 Å². The number of esters is 10. The van der Waals surface area contributed by atoms with Gasteiger partial charge in [-0.2, -0.15) is 0 Å². The van der Waals surface area contributed by atoms with Crippen LogP contribution in [0.2, 0.25) is 0 Å². The Balaban J connectivity index is 0.000000229. The van der Waals surface area contributed by atoms with Crippen molar-refractivity contribution >= 4 is 83.1 Å². The van der Waals surface area contributed by atoms with Crippen LogP contribution in [0.3, 0.4) is 0 Å². The van der Waals surface area contributed by atoms with E-state index in [-0.39, 0.29) is 70.6 Å². The number of hydrogen-bond acceptors (Lipinski definition) is 32. The minimum atomic E-state index is -2.46. The second kappa shape index (κ2) is 39.0. The fourth-order valence-corrected chi connectivity index (χ4v) is 21.3. The molecule has 34 heteroatoms. The standard InChI is InChI=1S/C51H58N2O15.C50H56N2O15/c1-27-34(65-47(61)39(56)38(31-18-12-9-13-19-31)53-44(58)32-20-14-10-15-21-32)25-51(62)43(67-46(60)33-22-16-11-17-23-33)41-49(7,42(57)40(64-29(3)54)37(27)48(51,5)6)35(66-45(59)28(2)52-8)24-36-50(41,26-63-36)68-30(4)55;1-26-33(64-46(60)38(55)37(30-17-11-8-12-18-30)52-43(57)31-19-13-9-14-20-31)24-50(61)42(66-45(59)32-21-15-10-16-22-32)40-48(7,41(56)39(63-28(3)53)36(26)47(50,5)6)34(65-44(58)27(2)51)23-35-49(40,25-62-35)67-29(4)54/h9-23,28,34-36,38-41,43,52,56,62H,24-26H2,1-8H3,(H,53,58);8-22,27,33-35,37-40,42,55,61H,23-25,51H2,1-7H3,(H,52,57)/t28-,34-,35-,36+,38-,39+,40+,41?,43-,49+,50-,51+;27-,33-,34-,35+,37-,38+,39+,40?,42-,48+,49-,50+/m00/s1. The van der Waals surface area contributed by atoms with Crippen LogP contribution in [0.1, 0.15) is 187 Å². The third-order valence-electron chi connectivity index (χ3n) is 28.6. The Bertz CT molecular complexity index is 5620. The van der Waals surface area contributed by atoms with Crippen molar-refractivity contribution in [3.05, 3.63) is 238 Å². The Morgan fingerprint density at radius 2 is 0.733 bits per heavy atom. The van der Waals surface area contributed by atoms with Crippen molar-refractivity contribution in [2.24, 2.45) is 39.2 Å². The summed E-state index contributed by atoms with van der Waals surface area (Å²) in [6.45, 7) is 18.7. The maximum Gasteiger partial charge on any atom is 0.338 e. The molecule has 2 saturated heterocycles. The minimum Gasteiger partial charge on any atom is -0.460 e. The number of aliphatic hydroxyl groups is 4. The van der Waals surface area contributed by atoms with Gasteiger partial charge in [0.2, 0.25) is 0 Å². The highest BCUT2D eigenvalue weighted by atomic mass is 16.7. The summed E-state index contributed by atoms with van der Waals surface area (Å²) in [6.07, 6.45) is -21.5. The van der Waals surface area contributed by atoms with Crippen LogP contribution < -0.4 is 21.7 Å². The predicted molar refractivity (Wildman–Crippen MR) is 475 cm³/mol. The molecule has 2 unspecified atom stereocenters. The van der Waals surface area contributed by atoms with E-state index >= 15 is 9.59 Å². The second-order valence-electron chi connectivity index (χ2n) is 37.3. The molecule has 14 rings (SSSR count). The molecule has 9 N–H and O–H groups in total. The van der Waals surface area contributed by atoms with Gasteiger partial charge in [-0.1, -0.05) is 161 Å². The topological polar surface area (TPSA) is 493 Å². The lowest BCUT2D eigenvalue weighted by Gasteiger charge is -2.67. The monoisotopic (exact) mass is 1860 g/mol. The number of hydrogen-bond donors (Lipinski definition) is 8. The first-order valence-corrected chi connectivity index (χ1v) is 44.6. The summed E-state index contributed by atoms with van der Waals surface area (Å²) in [4.78, 5) is 197. The van der Waals surface area contributed by atoms with Crippen LogP contribution in [-0.4, -0.2) is 231 Å². The molecule has 0 aromatic heterocycles. The van der Waals surface area contributed by atoms with E-state index in [1.165, 1.54) is 65.9 Å². The first kappa shape index (κ1) is 99.9. The van der Waals surface area contributed by atoms with Crippen molar-refractivity contribution in [3.63, 3.8) is 0 Å². The number of nitrogens with one attached hydrogen (secondary N) is 3. The highest BCUT2D eigenvalue weighted by Gasteiger charge is 2.82. The molecule has 135 heavy (non-hydrogen) atoms. The number of rotatable bonds is 25. The van der Waals surface area contributed by atoms with Crippen LogP contribution >= 0.6 is 0 Å². The van der Waals surface area contributed by atoms with Gasteiger partial charge in [0.1, 0.15) is 72.1 Å². The molecule has 34 nitrogen and oxygen atoms in total. The molecule has 4 saturated carbocycles. The number of carbonyl (C=O) groups is 14. The van der Waals surface area contributed by atoms with Crippen molar-refractivity contribution in [1.29, 1.82) is 0 Å². The number of ether oxygens (including phenoxy) is 12. The lowest BCUT2D eigenvalue weighted by atomic mass is 9.44. The zero-order chi connectivity index (χ0) is 98.3. The fourth-order valence-electron chi connectivity index (χ4n) is 21.3. The quantitative estimate of drug-likeness (QED) is 0.0156. The van der Waals surface area contributed by atoms with Gasteiger partial charge in [0.15, 0.2) is 47.2 Å². The number of ketones is 2. The smallest absolute Gasteiger partial charge is 0.338 e. The number of amides is 2. The van der Waals surface area contributed by atoms with E-state index in [9.17, 15) is 78.0 Å². The minimum absolute atomic E-state index is 0.0293. The summed E-state index contributed by atoms with van der Waals surface area (Å²) in [5, 5.41) is 59.9. The molecular weight excluding hydrogens is 1750 g/mol. The fraction of sp³-hybridized carbons (Fsp3) is 0.465. The summed E-state index contributed by atoms with van der Waals surface area (Å²) in [6, 6.07) is 43.5. The van der Waals surface area contributed by atoms with Gasteiger partial charge < -0.3 is 99.0 Å². The normalized spacial score (nSPS) is 30.6. The molecular formula is C101H114N4O30. The van der Waals surface area contributed by atoms with Gasteiger partial charge in [0, 0.05) is 75.3 Å². The number of carbonyl (C=O) groups excluding carboxylic acids is 14. The van der Waals surface area contributed by atoms with Gasteiger partial charge >= 0.3 is 59.7 Å². The first-order chi connectivity index (χ1) is 63.7. The van der Waals surface area contributed by atoms with Gasteiger partial charge in [0.25, 0.3) is 11.8 Å². The van der Waals surface area contributed by atoms with E-state index in [1.807, 2.05) is 0 Å². The zero-order valence-corrected chi connectivity index (χ0v) is 77.4. The molecule has 718 valence electrons. The summed E-state index contributed by atoms with van der Waals surface area (Å²) < 4.78 is 73.9. The Morgan fingerprint density at radius 3 is 1.02 bits per heavy atom. The highest BCUT2D eigenvalue weighted by Crippen LogP contribution is 2.68. The maximum absolute atomic E-state index is 16.1. The van der Waals surface area contributed by atoms with E-state index in [1.54, 1.807) is 192 Å². The Labute approximate surface area is 779 Å². The van der Waals surface area contributed by atoms with Crippen molar-refractivity contribution < 1.29 is 144 Å². The molecule has 2 heterocycles. The number of fused-ring (bicyclic) bond motifs is 10. The second-order valence-corrected chi connectivity index (χ2v) is 37.3. The summed E-state index contributed by atoms with van der Waals surface area (Å²) in [5.74, 6) is -15.8. The largest absolute Gasteiger partial charge is 0.460 e. The number of aliphatic hydroxyl groups excluding tert-OH is 2. The average molecular weight is 1860 g/mol. The lowest BCUT2D eigenvalue weighted by Crippen LogP contribution is -2.82. The van der Waals surface area contributed by atoms with E-state index in [4.69, 9.17) is 62.6 Å². The first-order valence-electron chi connectivity index (χ1n) is 44.6. The molecule has 6 aromatic rings. The molecule has 4 bridgehead atoms. The van der Waals surface area contributed by atoms with Crippen molar-refractivity contribution in [2.75, 3.05) is 20.3 Å². The van der Waals surface area contributed by atoms with Gasteiger partial charge in [-0.25, -0.2) is 19.2 Å². The summed E-state index contributed by atoms with van der Waals surface area (Å²) in [5.41, 5.74) is -8.85. The Morgan fingerprint density at radius 1 is 0.422 bits per heavy atom. The molecule has 6 fully saturated rings. The SMILES string of the molecule is CC(=O)O[C@H]1C(=O)[C@@]2(C)C([C@H](OC(=O)c3ccccc3)[C@]3(O)C[C@H](OC(=O)[C@H](O)[C@@H](NC(=O)c4ccccc4)c4ccccc4)C(C)=C1C3(C)C)[C@]1(OC(C)=O)CO[C@@H]1C[C@@H]2OC(=O)[C@H](C)N.CN[C@@H](C)C(=O)O[C@H]1C[C@H]2OC[C@@]2(OC(C)=O)C2[C@H](OC(=O)c3ccccc3)[C@]3(O)C[C@H](OC(=O)[C@H](O)[C@@H](NC(=O)c4ccccc4)c4ccccc4)C(C)=C([C@@H](OC(C)=O)C(=O)[C@@]21C)C3(C)C. The van der Waals surface area contributed by atoms with Gasteiger partial charge in [-0.05, 0) is 131 Å². The van der Waals surface area contributed by atoms with Crippen LogP contribution in [0, 0.1) is 33.5 Å². The average Bonchev–Trinajstić information content (AvgIpc) is 0.669. The highest BCUT2D eigenvalue weighted by molar-refractivity contribution is 5.99. The van der Waals surface area contributed by atoms with Crippen LogP contribution in [-0.2, 0) is 105 Å². The summed E-state index contributed by atoms with van der Waals surface area (Å²) >= 11 is 0. The van der Waals surface area contributed by atoms with E-state index in [2.05, 4.69) is 16.0 Å². The molecule has 6 aromatic carbocycles. The Kier molecular flexibility index (Phi) is 28.9. The van der Waals surface area contributed by atoms with Crippen LogP contribution in [0.5, 0.6) is 0 Å². The van der Waals surface area contributed by atoms with Gasteiger partial charge in [-0.15, -0.1) is 0 Å². The number of nitrogens with two attached hydrogens (primary N) is 1. The zero-order valence-electron chi connectivity index (χ0n) is 77.4. The van der Waals surface area contributed by atoms with Crippen molar-refractivity contribution in [3.8, 4) is 0 Å². The molecule has 8 aliphatic rings. The molecule has 6 aliphatic carbocycles. The molecule has 24 atom stereocenters. The molecule has 2 amide bonds. The van der Waals surface area contributed by atoms with Crippen LogP contribution in [0.4, 0.5) is 0 Å². The molecule has 0 spiro atoms. The van der Waals surface area contributed by atoms with Gasteiger partial charge in [-0.3, -0.25) is 47.9 Å². The number of Topliss-reactive ketones (excluding diaryl/α,β-unsaturated/α-hetero) is 2. The third-order valence-corrected chi connectivity index (χ3v) is 28.6. The Hall–Kier alpha value is -12.5. The summed E-state index contributed by atoms with van der Waals surface area (Å²) in [7, 11) is 1.54. The van der Waals surface area contributed by atoms with Crippen LogP contribution in [0.25, 0.3) is 0 Å².